The predicted molar refractivity (Wildman–Crippen MR) is 108 cm³/mol. The van der Waals surface area contributed by atoms with Crippen LogP contribution in [-0.4, -0.2) is 11.0 Å². The number of benzene rings is 3. The van der Waals surface area contributed by atoms with E-state index in [0.717, 1.165) is 22.3 Å². The molecule has 3 aromatic carbocycles. The molecule has 1 aromatic heterocycles. The third kappa shape index (κ3) is 3.71. The molecule has 0 bridgehead atoms. The Labute approximate surface area is 163 Å². The van der Waals surface area contributed by atoms with E-state index in [9.17, 15) is 4.79 Å². The van der Waals surface area contributed by atoms with Gasteiger partial charge in [-0.25, -0.2) is 9.78 Å². The topological polar surface area (TPSA) is 52.3 Å². The van der Waals surface area contributed by atoms with Gasteiger partial charge in [0.1, 0.15) is 5.75 Å². The zero-order valence-corrected chi connectivity index (χ0v) is 15.7. The van der Waals surface area contributed by atoms with E-state index < -0.39 is 5.97 Å². The number of aromatic nitrogens is 1. The number of aryl methyl sites for hydroxylation is 2. The zero-order chi connectivity index (χ0) is 19.5. The lowest BCUT2D eigenvalue weighted by molar-refractivity contribution is 0.0733. The van der Waals surface area contributed by atoms with Crippen LogP contribution < -0.4 is 4.74 Å². The maximum atomic E-state index is 12.4. The van der Waals surface area contributed by atoms with Crippen LogP contribution in [0.2, 0.25) is 0 Å². The summed E-state index contributed by atoms with van der Waals surface area (Å²) >= 11 is 0. The maximum absolute atomic E-state index is 12.4. The number of hydrogen-bond donors (Lipinski definition) is 0. The summed E-state index contributed by atoms with van der Waals surface area (Å²) in [7, 11) is 0. The third-order valence-corrected chi connectivity index (χ3v) is 4.46. The Morgan fingerprint density at radius 1 is 0.893 bits per heavy atom. The van der Waals surface area contributed by atoms with Crippen molar-refractivity contribution < 1.29 is 13.9 Å². The highest BCUT2D eigenvalue weighted by atomic mass is 16.5. The van der Waals surface area contributed by atoms with Gasteiger partial charge < -0.3 is 9.15 Å². The molecule has 0 fully saturated rings. The van der Waals surface area contributed by atoms with Gasteiger partial charge in [-0.2, -0.15) is 0 Å². The normalized spacial score (nSPS) is 10.6. The van der Waals surface area contributed by atoms with Crippen LogP contribution in [0.3, 0.4) is 0 Å². The Bertz CT molecular complexity index is 1110. The van der Waals surface area contributed by atoms with Gasteiger partial charge >= 0.3 is 5.97 Å². The predicted octanol–water partition coefficient (Wildman–Crippen LogP) is 5.84. The molecule has 4 rings (SSSR count). The van der Waals surface area contributed by atoms with E-state index in [1.807, 2.05) is 62.4 Å². The molecular weight excluding hydrogens is 350 g/mol. The fourth-order valence-electron chi connectivity index (χ4n) is 2.96. The molecule has 0 saturated carbocycles. The lowest BCUT2D eigenvalue weighted by Crippen LogP contribution is -2.09. The summed E-state index contributed by atoms with van der Waals surface area (Å²) < 4.78 is 11.4. The van der Waals surface area contributed by atoms with Gasteiger partial charge in [-0.15, -0.1) is 0 Å². The lowest BCUT2D eigenvalue weighted by atomic mass is 10.1. The molecule has 28 heavy (non-hydrogen) atoms. The summed E-state index contributed by atoms with van der Waals surface area (Å²) in [6.45, 7) is 3.93. The van der Waals surface area contributed by atoms with Crippen LogP contribution in [-0.2, 0) is 0 Å². The van der Waals surface area contributed by atoms with E-state index in [2.05, 4.69) is 4.98 Å². The number of esters is 1. The first kappa shape index (κ1) is 17.7. The minimum Gasteiger partial charge on any atom is -0.436 e. The van der Waals surface area contributed by atoms with Crippen molar-refractivity contribution in [1.82, 2.24) is 4.98 Å². The van der Waals surface area contributed by atoms with E-state index in [0.29, 0.717) is 23.0 Å². The number of hydrogen-bond acceptors (Lipinski definition) is 4. The van der Waals surface area contributed by atoms with Crippen molar-refractivity contribution in [2.75, 3.05) is 0 Å². The first-order valence-corrected chi connectivity index (χ1v) is 9.01. The number of rotatable bonds is 4. The van der Waals surface area contributed by atoms with Crippen molar-refractivity contribution in [3.8, 4) is 28.5 Å². The van der Waals surface area contributed by atoms with Gasteiger partial charge in [0.2, 0.25) is 5.89 Å². The third-order valence-electron chi connectivity index (χ3n) is 4.46. The van der Waals surface area contributed by atoms with Gasteiger partial charge in [0.05, 0.1) is 11.8 Å². The average molecular weight is 369 g/mol. The molecule has 0 spiro atoms. The van der Waals surface area contributed by atoms with Crippen LogP contribution in [0.4, 0.5) is 0 Å². The van der Waals surface area contributed by atoms with Crippen molar-refractivity contribution in [1.29, 1.82) is 0 Å². The van der Waals surface area contributed by atoms with Crippen molar-refractivity contribution in [2.24, 2.45) is 0 Å². The molecule has 4 aromatic rings. The van der Waals surface area contributed by atoms with Crippen LogP contribution >= 0.6 is 0 Å². The molecule has 138 valence electrons. The fourth-order valence-corrected chi connectivity index (χ4v) is 2.96. The fraction of sp³-hybridized carbons (Fsp3) is 0.0833. The Kier molecular flexibility index (Phi) is 4.77. The maximum Gasteiger partial charge on any atom is 0.343 e. The summed E-state index contributed by atoms with van der Waals surface area (Å²) in [6.07, 6.45) is 1.70. The van der Waals surface area contributed by atoms with E-state index in [1.54, 1.807) is 30.5 Å². The Morgan fingerprint density at radius 3 is 2.36 bits per heavy atom. The molecule has 0 amide bonds. The molecule has 0 unspecified atom stereocenters. The van der Waals surface area contributed by atoms with Gasteiger partial charge in [-0.05, 0) is 49.7 Å². The standard InChI is InChI=1S/C24H19NO3/c1-16-8-13-21(17(2)14-16)28-24(26)20-11-9-19(10-12-20)23-25-15-22(27-23)18-6-4-3-5-7-18/h3-15H,1-2H3. The second-order valence-corrected chi connectivity index (χ2v) is 6.63. The second kappa shape index (κ2) is 7.53. The molecule has 0 N–H and O–H groups in total. The first-order chi connectivity index (χ1) is 13.6. The van der Waals surface area contributed by atoms with Gasteiger partial charge in [0, 0.05) is 11.1 Å². The molecule has 4 nitrogen and oxygen atoms in total. The summed E-state index contributed by atoms with van der Waals surface area (Å²) in [4.78, 5) is 16.8. The molecule has 0 atom stereocenters. The second-order valence-electron chi connectivity index (χ2n) is 6.63. The number of nitrogens with zero attached hydrogens (tertiary/aromatic N) is 1. The molecule has 1 heterocycles. The highest BCUT2D eigenvalue weighted by molar-refractivity contribution is 5.91. The monoisotopic (exact) mass is 369 g/mol. The van der Waals surface area contributed by atoms with Gasteiger partial charge in [-0.3, -0.25) is 0 Å². The summed E-state index contributed by atoms with van der Waals surface area (Å²) in [5.74, 6) is 1.39. The number of ether oxygens (including phenoxy) is 1. The van der Waals surface area contributed by atoms with Crippen LogP contribution in [0.1, 0.15) is 21.5 Å². The van der Waals surface area contributed by atoms with E-state index in [1.165, 1.54) is 0 Å². The van der Waals surface area contributed by atoms with Crippen LogP contribution in [0.25, 0.3) is 22.8 Å². The molecular formula is C24H19NO3. The zero-order valence-electron chi connectivity index (χ0n) is 15.7. The molecule has 0 saturated heterocycles. The van der Waals surface area contributed by atoms with Crippen molar-refractivity contribution in [2.45, 2.75) is 13.8 Å². The molecule has 0 radical (unpaired) electrons. The highest BCUT2D eigenvalue weighted by Crippen LogP contribution is 2.26. The Hall–Kier alpha value is -3.66. The first-order valence-electron chi connectivity index (χ1n) is 9.01. The average Bonchev–Trinajstić information content (AvgIpc) is 3.21. The molecule has 4 heteroatoms. The quantitative estimate of drug-likeness (QED) is 0.335. The van der Waals surface area contributed by atoms with Crippen LogP contribution in [0, 0.1) is 13.8 Å². The molecule has 0 aliphatic carbocycles. The highest BCUT2D eigenvalue weighted by Gasteiger charge is 2.13. The van der Waals surface area contributed by atoms with Gasteiger partial charge in [-0.1, -0.05) is 48.0 Å². The largest absolute Gasteiger partial charge is 0.436 e. The van der Waals surface area contributed by atoms with Crippen molar-refractivity contribution in [3.63, 3.8) is 0 Å². The minimum atomic E-state index is -0.393. The lowest BCUT2D eigenvalue weighted by Gasteiger charge is -2.08. The Morgan fingerprint density at radius 2 is 1.64 bits per heavy atom. The minimum absolute atomic E-state index is 0.393. The van der Waals surface area contributed by atoms with Gasteiger partial charge in [0.15, 0.2) is 5.76 Å². The van der Waals surface area contributed by atoms with Crippen LogP contribution in [0.15, 0.2) is 83.4 Å². The molecule has 0 aliphatic heterocycles. The summed E-state index contributed by atoms with van der Waals surface area (Å²) in [6, 6.07) is 22.6. The van der Waals surface area contributed by atoms with E-state index in [4.69, 9.17) is 9.15 Å². The van der Waals surface area contributed by atoms with Crippen molar-refractivity contribution >= 4 is 5.97 Å². The SMILES string of the molecule is Cc1ccc(OC(=O)c2ccc(-c3ncc(-c4ccccc4)o3)cc2)c(C)c1. The number of oxazole rings is 1. The van der Waals surface area contributed by atoms with Gasteiger partial charge in [0.25, 0.3) is 0 Å². The Balaban J connectivity index is 1.51. The smallest absolute Gasteiger partial charge is 0.343 e. The summed E-state index contributed by atoms with van der Waals surface area (Å²) in [5.41, 5.74) is 4.29. The number of carbonyl (C=O) groups excluding carboxylic acids is 1. The molecule has 0 aliphatic rings. The van der Waals surface area contributed by atoms with Crippen LogP contribution in [0.5, 0.6) is 5.75 Å². The summed E-state index contributed by atoms with van der Waals surface area (Å²) in [5, 5.41) is 0. The van der Waals surface area contributed by atoms with Crippen molar-refractivity contribution in [3.05, 3.63) is 95.7 Å². The number of carbonyl (C=O) groups is 1. The van der Waals surface area contributed by atoms with E-state index >= 15 is 0 Å². The van der Waals surface area contributed by atoms with E-state index in [-0.39, 0.29) is 0 Å².